The van der Waals surface area contributed by atoms with E-state index in [2.05, 4.69) is 0 Å². The van der Waals surface area contributed by atoms with Gasteiger partial charge in [-0.15, -0.1) is 0 Å². The Morgan fingerprint density at radius 3 is 1.88 bits per heavy atom. The second-order valence-corrected chi connectivity index (χ2v) is 4.64. The molecule has 0 fully saturated rings. The van der Waals surface area contributed by atoms with Crippen LogP contribution >= 0.6 is 24.4 Å². The molecule has 0 heterocycles. The summed E-state index contributed by atoms with van der Waals surface area (Å²) in [7, 11) is 7.63. The quantitative estimate of drug-likeness (QED) is 0.719. The highest BCUT2D eigenvalue weighted by Crippen LogP contribution is 2.13. The van der Waals surface area contributed by atoms with Crippen LogP contribution < -0.4 is 4.90 Å². The van der Waals surface area contributed by atoms with Gasteiger partial charge in [0.1, 0.15) is 0 Å². The minimum Gasteiger partial charge on any atom is -0.355 e. The van der Waals surface area contributed by atoms with Crippen LogP contribution in [-0.4, -0.2) is 48.2 Å². The van der Waals surface area contributed by atoms with E-state index in [1.165, 1.54) is 0 Å². The van der Waals surface area contributed by atoms with Crippen LogP contribution in [0.5, 0.6) is 0 Å². The zero-order valence-electron chi connectivity index (χ0n) is 10.5. The van der Waals surface area contributed by atoms with E-state index in [9.17, 15) is 0 Å². The molecule has 0 aromatic heterocycles. The predicted molar refractivity (Wildman–Crippen MR) is 81.5 cm³/mol. The average molecular weight is 267 g/mol. The molecule has 1 aromatic carbocycles. The maximum absolute atomic E-state index is 5.41. The van der Waals surface area contributed by atoms with Gasteiger partial charge in [-0.2, -0.15) is 0 Å². The lowest BCUT2D eigenvalue weighted by atomic mass is 10.3. The summed E-state index contributed by atoms with van der Waals surface area (Å²) in [4.78, 5) is 5.61. The Bertz CT molecular complexity index is 403. The summed E-state index contributed by atoms with van der Waals surface area (Å²) in [6, 6.07) is 9.98. The third kappa shape index (κ3) is 3.38. The van der Waals surface area contributed by atoms with Gasteiger partial charge in [0.25, 0.3) is 0 Å². The van der Waals surface area contributed by atoms with Gasteiger partial charge < -0.3 is 9.80 Å². The molecule has 0 saturated carbocycles. The highest BCUT2D eigenvalue weighted by atomic mass is 32.1. The fraction of sp³-hybridized carbons (Fsp3) is 0.333. The van der Waals surface area contributed by atoms with Crippen molar-refractivity contribution in [3.63, 3.8) is 0 Å². The lowest BCUT2D eigenvalue weighted by Gasteiger charge is -2.30. The van der Waals surface area contributed by atoms with E-state index < -0.39 is 0 Å². The van der Waals surface area contributed by atoms with E-state index in [4.69, 9.17) is 24.4 Å². The van der Waals surface area contributed by atoms with Crippen molar-refractivity contribution in [3.8, 4) is 0 Å². The highest BCUT2D eigenvalue weighted by molar-refractivity contribution is 7.81. The van der Waals surface area contributed by atoms with Gasteiger partial charge in [0, 0.05) is 33.9 Å². The number of nitrogens with zero attached hydrogens (tertiary/aromatic N) is 3. The summed E-state index contributed by atoms with van der Waals surface area (Å²) in [5, 5.41) is 1.37. The van der Waals surface area contributed by atoms with Crippen molar-refractivity contribution in [2.75, 3.05) is 33.1 Å². The minimum absolute atomic E-state index is 0.676. The van der Waals surface area contributed by atoms with Crippen molar-refractivity contribution in [3.05, 3.63) is 30.3 Å². The van der Waals surface area contributed by atoms with Gasteiger partial charge >= 0.3 is 0 Å². The monoisotopic (exact) mass is 267 g/mol. The normalized spacial score (nSPS) is 9.65. The van der Waals surface area contributed by atoms with Crippen LogP contribution in [0, 0.1) is 0 Å². The number of hydrogen-bond acceptors (Lipinski definition) is 2. The Kier molecular flexibility index (Phi) is 4.84. The third-order valence-corrected chi connectivity index (χ3v) is 3.57. The summed E-state index contributed by atoms with van der Waals surface area (Å²) >= 11 is 10.7. The Balaban J connectivity index is 2.81. The second kappa shape index (κ2) is 5.93. The molecule has 0 spiro atoms. The lowest BCUT2D eigenvalue weighted by Crippen LogP contribution is -2.46. The van der Waals surface area contributed by atoms with E-state index >= 15 is 0 Å². The molecule has 0 radical (unpaired) electrons. The molecule has 0 N–H and O–H groups in total. The molecule has 0 saturated heterocycles. The van der Waals surface area contributed by atoms with Crippen LogP contribution in [0.1, 0.15) is 0 Å². The minimum atomic E-state index is 0.676. The summed E-state index contributed by atoms with van der Waals surface area (Å²) < 4.78 is 0. The molecule has 92 valence electrons. The molecule has 0 aliphatic heterocycles. The van der Waals surface area contributed by atoms with Gasteiger partial charge in [0.2, 0.25) is 0 Å². The maximum Gasteiger partial charge on any atom is 0.181 e. The SMILES string of the molecule is CN(C)C(=S)N(C)C(=S)N(C)c1ccccc1. The van der Waals surface area contributed by atoms with Gasteiger partial charge in [0.05, 0.1) is 0 Å². The Labute approximate surface area is 114 Å². The third-order valence-electron chi connectivity index (χ3n) is 2.39. The molecule has 0 atom stereocenters. The second-order valence-electron chi connectivity index (χ2n) is 3.91. The van der Waals surface area contributed by atoms with Crippen molar-refractivity contribution in [1.29, 1.82) is 0 Å². The van der Waals surface area contributed by atoms with Crippen LogP contribution in [0.4, 0.5) is 5.69 Å². The van der Waals surface area contributed by atoms with E-state index in [0.29, 0.717) is 10.2 Å². The first-order valence-corrected chi connectivity index (χ1v) is 6.04. The fourth-order valence-electron chi connectivity index (χ4n) is 1.37. The maximum atomic E-state index is 5.41. The van der Waals surface area contributed by atoms with Crippen LogP contribution in [0.3, 0.4) is 0 Å². The molecule has 0 bridgehead atoms. The van der Waals surface area contributed by atoms with E-state index in [1.54, 1.807) is 0 Å². The fourth-order valence-corrected chi connectivity index (χ4v) is 1.70. The van der Waals surface area contributed by atoms with Crippen molar-refractivity contribution in [2.45, 2.75) is 0 Å². The highest BCUT2D eigenvalue weighted by Gasteiger charge is 2.15. The molecule has 1 rings (SSSR count). The van der Waals surface area contributed by atoms with E-state index in [-0.39, 0.29) is 0 Å². The van der Waals surface area contributed by atoms with Gasteiger partial charge in [-0.1, -0.05) is 18.2 Å². The Morgan fingerprint density at radius 2 is 1.41 bits per heavy atom. The smallest absolute Gasteiger partial charge is 0.181 e. The summed E-state index contributed by atoms with van der Waals surface area (Å²) in [5.41, 5.74) is 1.05. The standard InChI is InChI=1S/C12H17N3S2/c1-13(2)11(16)15(4)12(17)14(3)10-8-6-5-7-9-10/h5-9H,1-4H3. The number of thiocarbonyl (C=S) groups is 2. The Hall–Kier alpha value is -1.20. The van der Waals surface area contributed by atoms with E-state index in [0.717, 1.165) is 5.69 Å². The first-order chi connectivity index (χ1) is 7.95. The number of anilines is 1. The average Bonchev–Trinajstić information content (AvgIpc) is 2.36. The molecular formula is C12H17N3S2. The van der Waals surface area contributed by atoms with Crippen molar-refractivity contribution < 1.29 is 0 Å². The first-order valence-electron chi connectivity index (χ1n) is 5.23. The molecular weight excluding hydrogens is 250 g/mol. The lowest BCUT2D eigenvalue weighted by molar-refractivity contribution is 0.550. The molecule has 1 aromatic rings. The molecule has 0 aliphatic carbocycles. The molecule has 0 unspecified atom stereocenters. The van der Waals surface area contributed by atoms with Crippen LogP contribution in [0.2, 0.25) is 0 Å². The molecule has 0 aliphatic rings. The van der Waals surface area contributed by atoms with Crippen LogP contribution in [0.25, 0.3) is 0 Å². The first kappa shape index (κ1) is 13.9. The number of rotatable bonds is 1. The van der Waals surface area contributed by atoms with E-state index in [1.807, 2.05) is 73.2 Å². The zero-order chi connectivity index (χ0) is 13.0. The van der Waals surface area contributed by atoms with Gasteiger partial charge in [-0.3, -0.25) is 4.90 Å². The molecule has 3 nitrogen and oxygen atoms in total. The van der Waals surface area contributed by atoms with Crippen LogP contribution in [0.15, 0.2) is 30.3 Å². The molecule has 17 heavy (non-hydrogen) atoms. The van der Waals surface area contributed by atoms with Gasteiger partial charge in [0.15, 0.2) is 10.2 Å². The number of para-hydroxylation sites is 1. The summed E-state index contributed by atoms with van der Waals surface area (Å²) in [6.07, 6.45) is 0. The molecule has 0 amide bonds. The van der Waals surface area contributed by atoms with Crippen LogP contribution in [-0.2, 0) is 0 Å². The van der Waals surface area contributed by atoms with Gasteiger partial charge in [-0.05, 0) is 36.6 Å². The summed E-state index contributed by atoms with van der Waals surface area (Å²) in [6.45, 7) is 0. The number of hydrogen-bond donors (Lipinski definition) is 0. The molecule has 5 heteroatoms. The van der Waals surface area contributed by atoms with Gasteiger partial charge in [-0.25, -0.2) is 0 Å². The zero-order valence-corrected chi connectivity index (χ0v) is 12.2. The largest absolute Gasteiger partial charge is 0.355 e. The number of benzene rings is 1. The Morgan fingerprint density at radius 1 is 0.882 bits per heavy atom. The topological polar surface area (TPSA) is 9.72 Å². The van der Waals surface area contributed by atoms with Crippen molar-refractivity contribution in [1.82, 2.24) is 9.80 Å². The van der Waals surface area contributed by atoms with Crippen molar-refractivity contribution >= 4 is 40.3 Å². The van der Waals surface area contributed by atoms with Crippen molar-refractivity contribution in [2.24, 2.45) is 0 Å². The predicted octanol–water partition coefficient (Wildman–Crippen LogP) is 2.19. The summed E-state index contributed by atoms with van der Waals surface area (Å²) in [5.74, 6) is 0.